The predicted molar refractivity (Wildman–Crippen MR) is 107 cm³/mol. The van der Waals surface area contributed by atoms with E-state index in [1.165, 1.54) is 22.5 Å². The third-order valence-corrected chi connectivity index (χ3v) is 5.72. The number of ether oxygens (including phenoxy) is 1. The van der Waals surface area contributed by atoms with Gasteiger partial charge < -0.3 is 15.6 Å². The average Bonchev–Trinajstić information content (AvgIpc) is 3.09. The second-order valence-electron chi connectivity index (χ2n) is 7.20. The van der Waals surface area contributed by atoms with Crippen molar-refractivity contribution < 1.29 is 14.6 Å². The van der Waals surface area contributed by atoms with Crippen molar-refractivity contribution >= 4 is 17.1 Å². The van der Waals surface area contributed by atoms with Crippen LogP contribution in [0, 0.1) is 13.8 Å². The maximum atomic E-state index is 12.3. The highest BCUT2D eigenvalue weighted by atomic mass is 32.1. The zero-order valence-corrected chi connectivity index (χ0v) is 16.7. The Morgan fingerprint density at radius 1 is 1.23 bits per heavy atom. The van der Waals surface area contributed by atoms with Gasteiger partial charge >= 0.3 is 0 Å². The molecule has 5 heteroatoms. The van der Waals surface area contributed by atoms with Gasteiger partial charge in [0.1, 0.15) is 5.75 Å². The summed E-state index contributed by atoms with van der Waals surface area (Å²) in [6, 6.07) is 9.91. The van der Waals surface area contributed by atoms with Crippen LogP contribution < -0.4 is 10.5 Å². The third kappa shape index (κ3) is 6.24. The first kappa shape index (κ1) is 20.6. The average molecular weight is 376 g/mol. The first-order valence-electron chi connectivity index (χ1n) is 9.02. The summed E-state index contributed by atoms with van der Waals surface area (Å²) in [5.74, 6) is 1.01. The summed E-state index contributed by atoms with van der Waals surface area (Å²) >= 11 is 1.52. The minimum atomic E-state index is -0.570. The number of aryl methyl sites for hydroxylation is 3. The second-order valence-corrected chi connectivity index (χ2v) is 8.37. The second kappa shape index (κ2) is 9.31. The number of carbonyl (C=O) groups is 1. The summed E-state index contributed by atoms with van der Waals surface area (Å²) < 4.78 is 5.74. The summed E-state index contributed by atoms with van der Waals surface area (Å²) in [5, 5.41) is 9.21. The van der Waals surface area contributed by atoms with Crippen LogP contribution in [0.2, 0.25) is 0 Å². The Bertz CT molecular complexity index is 737. The Labute approximate surface area is 160 Å². The van der Waals surface area contributed by atoms with Crippen LogP contribution >= 0.6 is 11.3 Å². The number of aliphatic hydroxyl groups excluding tert-OH is 1. The van der Waals surface area contributed by atoms with Crippen molar-refractivity contribution in [1.82, 2.24) is 0 Å². The number of rotatable bonds is 10. The van der Waals surface area contributed by atoms with Gasteiger partial charge in [0.2, 0.25) is 0 Å². The van der Waals surface area contributed by atoms with Gasteiger partial charge in [0.25, 0.3) is 0 Å². The van der Waals surface area contributed by atoms with E-state index in [4.69, 9.17) is 10.5 Å². The molecule has 0 fully saturated rings. The Morgan fingerprint density at radius 3 is 2.69 bits per heavy atom. The van der Waals surface area contributed by atoms with Gasteiger partial charge in [-0.1, -0.05) is 6.07 Å². The molecule has 26 heavy (non-hydrogen) atoms. The van der Waals surface area contributed by atoms with E-state index in [1.807, 2.05) is 37.3 Å². The van der Waals surface area contributed by atoms with Crippen LogP contribution in [0.25, 0.3) is 0 Å². The summed E-state index contributed by atoms with van der Waals surface area (Å²) in [4.78, 5) is 14.2. The molecule has 2 aromatic rings. The molecule has 0 aliphatic heterocycles. The molecule has 0 bridgehead atoms. The highest BCUT2D eigenvalue weighted by molar-refractivity contribution is 7.14. The monoisotopic (exact) mass is 375 g/mol. The molecule has 4 nitrogen and oxygen atoms in total. The van der Waals surface area contributed by atoms with Gasteiger partial charge in [-0.05, 0) is 75.4 Å². The van der Waals surface area contributed by atoms with Crippen molar-refractivity contribution in [2.45, 2.75) is 52.0 Å². The maximum Gasteiger partial charge on any atom is 0.172 e. The fourth-order valence-corrected chi connectivity index (χ4v) is 3.47. The number of Topliss-reactive ketones (excluding diaryl/α,β-unsaturated/α-hetero) is 1. The lowest BCUT2D eigenvalue weighted by atomic mass is 9.98. The van der Waals surface area contributed by atoms with Gasteiger partial charge in [-0.25, -0.2) is 0 Å². The molecular formula is C21H29NO3S. The number of nitrogens with two attached hydrogens (primary N) is 1. The molecule has 0 saturated carbocycles. The molecule has 0 saturated heterocycles. The van der Waals surface area contributed by atoms with Gasteiger partial charge in [-0.2, -0.15) is 0 Å². The fourth-order valence-electron chi connectivity index (χ4n) is 2.50. The van der Waals surface area contributed by atoms with E-state index in [0.717, 1.165) is 21.9 Å². The molecule has 0 spiro atoms. The largest absolute Gasteiger partial charge is 0.494 e. The molecule has 1 heterocycles. The lowest BCUT2D eigenvalue weighted by Gasteiger charge is -2.20. The van der Waals surface area contributed by atoms with Crippen LogP contribution in [0.3, 0.4) is 0 Å². The molecular weight excluding hydrogens is 346 g/mol. The van der Waals surface area contributed by atoms with Crippen molar-refractivity contribution in [3.05, 3.63) is 51.2 Å². The zero-order valence-electron chi connectivity index (χ0n) is 15.9. The molecule has 0 aliphatic rings. The summed E-state index contributed by atoms with van der Waals surface area (Å²) in [6.45, 7) is 6.47. The SMILES string of the molecule is Cc1ccc(OCCCC(=O)c2ccc(CCC(C)(N)CO)s2)cc1C. The summed E-state index contributed by atoms with van der Waals surface area (Å²) in [6.07, 6.45) is 2.66. The Kier molecular flexibility index (Phi) is 7.38. The zero-order chi connectivity index (χ0) is 19.2. The van der Waals surface area contributed by atoms with Crippen LogP contribution in [0.1, 0.15) is 51.9 Å². The van der Waals surface area contributed by atoms with Gasteiger partial charge in [0.05, 0.1) is 18.1 Å². The Morgan fingerprint density at radius 2 is 2.00 bits per heavy atom. The molecule has 0 radical (unpaired) electrons. The van der Waals surface area contributed by atoms with Gasteiger partial charge in [0.15, 0.2) is 5.78 Å². The van der Waals surface area contributed by atoms with E-state index in [-0.39, 0.29) is 12.4 Å². The lowest BCUT2D eigenvalue weighted by molar-refractivity contribution is 0.0977. The Hall–Kier alpha value is -1.69. The van der Waals surface area contributed by atoms with Crippen LogP contribution in [0.4, 0.5) is 0 Å². The normalized spacial score (nSPS) is 13.4. The molecule has 1 aromatic heterocycles. The standard InChI is InChI=1S/C21H29NO3S/c1-15-6-7-17(13-16(15)2)25-12-4-5-19(24)20-9-8-18(26-20)10-11-21(3,22)14-23/h6-9,13,23H,4-5,10-12,14,22H2,1-3H3. The van der Waals surface area contributed by atoms with E-state index in [9.17, 15) is 9.90 Å². The molecule has 3 N–H and O–H groups in total. The maximum absolute atomic E-state index is 12.3. The number of thiophene rings is 1. The quantitative estimate of drug-likeness (QED) is 0.485. The molecule has 1 unspecified atom stereocenters. The van der Waals surface area contributed by atoms with E-state index in [2.05, 4.69) is 13.8 Å². The topological polar surface area (TPSA) is 72.5 Å². The summed E-state index contributed by atoms with van der Waals surface area (Å²) in [7, 11) is 0. The molecule has 0 amide bonds. The van der Waals surface area contributed by atoms with E-state index >= 15 is 0 Å². The lowest BCUT2D eigenvalue weighted by Crippen LogP contribution is -2.40. The van der Waals surface area contributed by atoms with Crippen molar-refractivity contribution in [2.24, 2.45) is 5.73 Å². The van der Waals surface area contributed by atoms with E-state index in [1.54, 1.807) is 0 Å². The first-order valence-corrected chi connectivity index (χ1v) is 9.84. The van der Waals surface area contributed by atoms with Crippen molar-refractivity contribution in [3.8, 4) is 5.75 Å². The molecule has 1 aromatic carbocycles. The minimum Gasteiger partial charge on any atom is -0.494 e. The van der Waals surface area contributed by atoms with Crippen molar-refractivity contribution in [2.75, 3.05) is 13.2 Å². The van der Waals surface area contributed by atoms with Crippen LogP contribution in [0.15, 0.2) is 30.3 Å². The Balaban J connectivity index is 1.75. The predicted octanol–water partition coefficient (Wildman–Crippen LogP) is 4.05. The van der Waals surface area contributed by atoms with E-state index in [0.29, 0.717) is 25.9 Å². The first-order chi connectivity index (χ1) is 12.3. The van der Waals surface area contributed by atoms with Crippen LogP contribution in [0.5, 0.6) is 5.75 Å². The molecule has 0 aliphatic carbocycles. The smallest absolute Gasteiger partial charge is 0.172 e. The highest BCUT2D eigenvalue weighted by Crippen LogP contribution is 2.22. The molecule has 1 atom stereocenters. The van der Waals surface area contributed by atoms with Gasteiger partial charge in [-0.15, -0.1) is 11.3 Å². The highest BCUT2D eigenvalue weighted by Gasteiger charge is 2.17. The number of ketones is 1. The summed E-state index contributed by atoms with van der Waals surface area (Å²) in [5.41, 5.74) is 7.83. The number of benzene rings is 1. The van der Waals surface area contributed by atoms with E-state index < -0.39 is 5.54 Å². The number of aliphatic hydroxyl groups is 1. The minimum absolute atomic E-state index is 0.0370. The third-order valence-electron chi connectivity index (χ3n) is 4.54. The van der Waals surface area contributed by atoms with Crippen molar-refractivity contribution in [3.63, 3.8) is 0 Å². The fraction of sp³-hybridized carbons (Fsp3) is 0.476. The number of hydrogen-bond acceptors (Lipinski definition) is 5. The number of hydrogen-bond donors (Lipinski definition) is 2. The molecule has 142 valence electrons. The molecule has 2 rings (SSSR count). The van der Waals surface area contributed by atoms with Crippen LogP contribution in [-0.4, -0.2) is 29.6 Å². The van der Waals surface area contributed by atoms with Gasteiger partial charge in [0, 0.05) is 16.8 Å². The van der Waals surface area contributed by atoms with Gasteiger partial charge in [-0.3, -0.25) is 4.79 Å². The number of carbonyl (C=O) groups excluding carboxylic acids is 1. The van der Waals surface area contributed by atoms with Crippen molar-refractivity contribution in [1.29, 1.82) is 0 Å². The van der Waals surface area contributed by atoms with Crippen LogP contribution in [-0.2, 0) is 6.42 Å².